The fourth-order valence-corrected chi connectivity index (χ4v) is 1.88. The van der Waals surface area contributed by atoms with Crippen LogP contribution in [0.15, 0.2) is 36.5 Å². The summed E-state index contributed by atoms with van der Waals surface area (Å²) in [5.74, 6) is -0.493. The third kappa shape index (κ3) is 4.71. The molecule has 7 heteroatoms. The van der Waals surface area contributed by atoms with Crippen molar-refractivity contribution < 1.29 is 18.0 Å². The Morgan fingerprint density at radius 3 is 2.71 bits per heavy atom. The van der Waals surface area contributed by atoms with E-state index in [9.17, 15) is 18.0 Å². The molecule has 0 aliphatic rings. The first-order valence-corrected chi connectivity index (χ1v) is 6.32. The number of nitrogens with zero attached hydrogens (tertiary/aromatic N) is 1. The number of para-hydroxylation sites is 1. The molecule has 4 nitrogen and oxygen atoms in total. The summed E-state index contributed by atoms with van der Waals surface area (Å²) in [6.07, 6.45) is -2.67. The summed E-state index contributed by atoms with van der Waals surface area (Å²) in [6, 6.07) is 9.27. The Kier molecular flexibility index (Phi) is 4.74. The summed E-state index contributed by atoms with van der Waals surface area (Å²) in [4.78, 5) is 15.7. The van der Waals surface area contributed by atoms with Crippen molar-refractivity contribution in [2.75, 3.05) is 13.1 Å². The lowest BCUT2D eigenvalue weighted by atomic mass is 10.1. The number of rotatable bonds is 5. The van der Waals surface area contributed by atoms with Crippen LogP contribution >= 0.6 is 0 Å². The van der Waals surface area contributed by atoms with Gasteiger partial charge in [0.15, 0.2) is 0 Å². The van der Waals surface area contributed by atoms with Gasteiger partial charge in [0.05, 0.1) is 18.6 Å². The molecule has 1 heterocycles. The van der Waals surface area contributed by atoms with Gasteiger partial charge in [-0.05, 0) is 11.6 Å². The van der Waals surface area contributed by atoms with E-state index in [0.717, 1.165) is 16.5 Å². The second kappa shape index (κ2) is 6.53. The van der Waals surface area contributed by atoms with Gasteiger partial charge in [-0.3, -0.25) is 9.78 Å². The second-order valence-electron chi connectivity index (χ2n) is 4.49. The lowest BCUT2D eigenvalue weighted by Crippen LogP contribution is -2.38. The van der Waals surface area contributed by atoms with Crippen molar-refractivity contribution >= 4 is 16.8 Å². The third-order valence-electron chi connectivity index (χ3n) is 2.80. The molecule has 1 aromatic carbocycles. The summed E-state index contributed by atoms with van der Waals surface area (Å²) in [7, 11) is 0. The molecular weight excluding hydrogens is 283 g/mol. The topological polar surface area (TPSA) is 54.0 Å². The number of halogens is 3. The minimum absolute atomic E-state index is 0.223. The molecule has 21 heavy (non-hydrogen) atoms. The number of carbonyl (C=O) groups excluding carboxylic acids is 1. The minimum Gasteiger partial charge on any atom is -0.351 e. The van der Waals surface area contributed by atoms with E-state index in [-0.39, 0.29) is 13.1 Å². The van der Waals surface area contributed by atoms with Crippen molar-refractivity contribution in [1.82, 2.24) is 15.6 Å². The molecule has 2 rings (SSSR count). The van der Waals surface area contributed by atoms with Crippen LogP contribution in [0.5, 0.6) is 0 Å². The van der Waals surface area contributed by atoms with Crippen LogP contribution < -0.4 is 10.6 Å². The Morgan fingerprint density at radius 1 is 1.19 bits per heavy atom. The monoisotopic (exact) mass is 297 g/mol. The van der Waals surface area contributed by atoms with Crippen molar-refractivity contribution in [2.45, 2.75) is 12.7 Å². The van der Waals surface area contributed by atoms with Gasteiger partial charge in [-0.2, -0.15) is 13.2 Å². The standard InChI is InChI=1S/C14H14F3N3O/c15-14(16,17)9-18-8-12(21)20-7-11-4-1-3-10-5-2-6-19-13(10)11/h1-6,18H,7-9H2,(H,20,21). The number of hydrogen-bond acceptors (Lipinski definition) is 3. The molecule has 112 valence electrons. The Labute approximate surface area is 119 Å². The van der Waals surface area contributed by atoms with Gasteiger partial charge in [0, 0.05) is 18.1 Å². The fraction of sp³-hybridized carbons (Fsp3) is 0.286. The maximum Gasteiger partial charge on any atom is 0.401 e. The molecule has 0 atom stereocenters. The van der Waals surface area contributed by atoms with Crippen LogP contribution in [0.2, 0.25) is 0 Å². The van der Waals surface area contributed by atoms with E-state index in [4.69, 9.17) is 0 Å². The van der Waals surface area contributed by atoms with Crippen LogP contribution in [0, 0.1) is 0 Å². The highest BCUT2D eigenvalue weighted by atomic mass is 19.4. The summed E-state index contributed by atoms with van der Waals surface area (Å²) in [5, 5.41) is 5.56. The van der Waals surface area contributed by atoms with Crippen molar-refractivity contribution in [3.8, 4) is 0 Å². The first-order chi connectivity index (χ1) is 9.96. The lowest BCUT2D eigenvalue weighted by Gasteiger charge is -2.10. The molecule has 2 N–H and O–H groups in total. The molecular formula is C14H14F3N3O. The quantitative estimate of drug-likeness (QED) is 0.887. The Morgan fingerprint density at radius 2 is 1.95 bits per heavy atom. The maximum atomic E-state index is 11.9. The Hall–Kier alpha value is -2.15. The normalized spacial score (nSPS) is 11.6. The van der Waals surface area contributed by atoms with E-state index in [2.05, 4.69) is 10.3 Å². The summed E-state index contributed by atoms with van der Waals surface area (Å²) in [6.45, 7) is -1.34. The first kappa shape index (κ1) is 15.2. The van der Waals surface area contributed by atoms with E-state index in [0.29, 0.717) is 0 Å². The molecule has 0 unspecified atom stereocenters. The molecule has 0 fully saturated rings. The average Bonchev–Trinajstić information content (AvgIpc) is 2.43. The fourth-order valence-electron chi connectivity index (χ4n) is 1.88. The van der Waals surface area contributed by atoms with Crippen LogP contribution in [0.1, 0.15) is 5.56 Å². The Balaban J connectivity index is 1.89. The smallest absolute Gasteiger partial charge is 0.351 e. The minimum atomic E-state index is -4.32. The Bertz CT molecular complexity index is 623. The predicted octanol–water partition coefficient (Wildman–Crippen LogP) is 2.00. The van der Waals surface area contributed by atoms with Crippen molar-refractivity contribution in [3.63, 3.8) is 0 Å². The van der Waals surface area contributed by atoms with Gasteiger partial charge in [0.2, 0.25) is 5.91 Å². The van der Waals surface area contributed by atoms with Gasteiger partial charge in [0.25, 0.3) is 0 Å². The zero-order valence-corrected chi connectivity index (χ0v) is 11.1. The number of pyridine rings is 1. The highest BCUT2D eigenvalue weighted by Gasteiger charge is 2.26. The van der Waals surface area contributed by atoms with E-state index >= 15 is 0 Å². The molecule has 1 aromatic heterocycles. The van der Waals surface area contributed by atoms with Crippen molar-refractivity contribution in [1.29, 1.82) is 0 Å². The predicted molar refractivity (Wildman–Crippen MR) is 72.5 cm³/mol. The van der Waals surface area contributed by atoms with E-state index < -0.39 is 18.6 Å². The van der Waals surface area contributed by atoms with Gasteiger partial charge in [-0.25, -0.2) is 0 Å². The van der Waals surface area contributed by atoms with Gasteiger partial charge >= 0.3 is 6.18 Å². The number of nitrogens with one attached hydrogen (secondary N) is 2. The number of alkyl halides is 3. The zero-order valence-electron chi connectivity index (χ0n) is 11.1. The van der Waals surface area contributed by atoms with Crippen molar-refractivity contribution in [2.24, 2.45) is 0 Å². The highest BCUT2D eigenvalue weighted by molar-refractivity contribution is 5.82. The van der Waals surface area contributed by atoms with Gasteiger partial charge < -0.3 is 10.6 Å². The number of aromatic nitrogens is 1. The first-order valence-electron chi connectivity index (χ1n) is 6.32. The summed E-state index contributed by atoms with van der Waals surface area (Å²) < 4.78 is 35.8. The van der Waals surface area contributed by atoms with Gasteiger partial charge in [-0.15, -0.1) is 0 Å². The zero-order chi connectivity index (χ0) is 15.3. The van der Waals surface area contributed by atoms with Gasteiger partial charge in [0.1, 0.15) is 0 Å². The van der Waals surface area contributed by atoms with Crippen LogP contribution in [0.25, 0.3) is 10.9 Å². The van der Waals surface area contributed by atoms with Gasteiger partial charge in [-0.1, -0.05) is 24.3 Å². The SMILES string of the molecule is O=C(CNCC(F)(F)F)NCc1cccc2cccnc12. The number of carbonyl (C=O) groups is 1. The number of hydrogen-bond donors (Lipinski definition) is 2. The molecule has 0 saturated carbocycles. The van der Waals surface area contributed by atoms with Crippen LogP contribution in [0.4, 0.5) is 13.2 Å². The number of fused-ring (bicyclic) bond motifs is 1. The maximum absolute atomic E-state index is 11.9. The van der Waals surface area contributed by atoms with Crippen LogP contribution in [0.3, 0.4) is 0 Å². The molecule has 0 bridgehead atoms. The van der Waals surface area contributed by atoms with E-state index in [1.54, 1.807) is 6.20 Å². The van der Waals surface area contributed by atoms with Crippen LogP contribution in [-0.2, 0) is 11.3 Å². The largest absolute Gasteiger partial charge is 0.401 e. The molecule has 0 spiro atoms. The molecule has 0 aliphatic heterocycles. The molecule has 0 aliphatic carbocycles. The molecule has 0 saturated heterocycles. The highest BCUT2D eigenvalue weighted by Crippen LogP contribution is 2.15. The second-order valence-corrected chi connectivity index (χ2v) is 4.49. The molecule has 2 aromatic rings. The van der Waals surface area contributed by atoms with Crippen LogP contribution in [-0.4, -0.2) is 30.2 Å². The molecule has 0 radical (unpaired) electrons. The average molecular weight is 297 g/mol. The van der Waals surface area contributed by atoms with Crippen molar-refractivity contribution in [3.05, 3.63) is 42.1 Å². The summed E-state index contributed by atoms with van der Waals surface area (Å²) in [5.41, 5.74) is 1.58. The van der Waals surface area contributed by atoms with E-state index in [1.165, 1.54) is 0 Å². The van der Waals surface area contributed by atoms with E-state index in [1.807, 2.05) is 35.6 Å². The molecule has 1 amide bonds. The number of amides is 1. The summed E-state index contributed by atoms with van der Waals surface area (Å²) >= 11 is 0. The lowest BCUT2D eigenvalue weighted by molar-refractivity contribution is -0.128. The third-order valence-corrected chi connectivity index (χ3v) is 2.80. The number of benzene rings is 1.